The minimum atomic E-state index is -0.139. The predicted octanol–water partition coefficient (Wildman–Crippen LogP) is 2.78. The maximum atomic E-state index is 12.8. The highest BCUT2D eigenvalue weighted by Gasteiger charge is 2.31. The second kappa shape index (κ2) is 8.00. The number of rotatable bonds is 6. The average molecular weight is 373 g/mol. The van der Waals surface area contributed by atoms with Crippen LogP contribution in [0.2, 0.25) is 0 Å². The lowest BCUT2D eigenvalue weighted by Gasteiger charge is -2.24. The number of nitrogens with zero attached hydrogens (tertiary/aromatic N) is 2. The van der Waals surface area contributed by atoms with Crippen LogP contribution in [0.3, 0.4) is 0 Å². The molecule has 0 saturated carbocycles. The van der Waals surface area contributed by atoms with Crippen molar-refractivity contribution in [1.82, 2.24) is 15.1 Å². The van der Waals surface area contributed by atoms with E-state index in [9.17, 15) is 4.79 Å². The number of carbonyl (C=O) groups is 1. The molecule has 3 rings (SSSR count). The molecule has 1 aliphatic heterocycles. The van der Waals surface area contributed by atoms with E-state index in [-0.39, 0.29) is 18.1 Å². The molecular formula is C20H27N3O4. The lowest BCUT2D eigenvalue weighted by atomic mass is 9.99. The second-order valence-corrected chi connectivity index (χ2v) is 6.73. The normalized spacial score (nSPS) is 18.7. The SMILES string of the molecule is CCOc1ccc(CNC(=O)c2c3c(nn2C)[C@H](C)O[C@H](C)C3)cc1OC. The number of hydrogen-bond acceptors (Lipinski definition) is 5. The van der Waals surface area contributed by atoms with Crippen molar-refractivity contribution in [3.05, 3.63) is 40.7 Å². The fourth-order valence-electron chi connectivity index (χ4n) is 3.51. The van der Waals surface area contributed by atoms with Gasteiger partial charge in [0.2, 0.25) is 0 Å². The average Bonchev–Trinajstić information content (AvgIpc) is 2.97. The molecule has 0 spiro atoms. The van der Waals surface area contributed by atoms with Crippen molar-refractivity contribution in [1.29, 1.82) is 0 Å². The number of amides is 1. The van der Waals surface area contributed by atoms with E-state index in [1.807, 2.05) is 39.0 Å². The van der Waals surface area contributed by atoms with Crippen LogP contribution in [-0.4, -0.2) is 35.5 Å². The van der Waals surface area contributed by atoms with Crippen LogP contribution in [0.5, 0.6) is 11.5 Å². The molecule has 7 heteroatoms. The van der Waals surface area contributed by atoms with Crippen LogP contribution >= 0.6 is 0 Å². The van der Waals surface area contributed by atoms with E-state index in [2.05, 4.69) is 10.4 Å². The first-order valence-corrected chi connectivity index (χ1v) is 9.23. The first kappa shape index (κ1) is 19.2. The maximum Gasteiger partial charge on any atom is 0.270 e. The maximum absolute atomic E-state index is 12.8. The Kier molecular flexibility index (Phi) is 5.70. The van der Waals surface area contributed by atoms with Crippen molar-refractivity contribution in [3.8, 4) is 11.5 Å². The minimum Gasteiger partial charge on any atom is -0.493 e. The highest BCUT2D eigenvalue weighted by molar-refractivity contribution is 5.94. The Hall–Kier alpha value is -2.54. The van der Waals surface area contributed by atoms with Gasteiger partial charge in [0.15, 0.2) is 11.5 Å². The van der Waals surface area contributed by atoms with Gasteiger partial charge in [0, 0.05) is 25.6 Å². The summed E-state index contributed by atoms with van der Waals surface area (Å²) in [5.74, 6) is 1.21. The Labute approximate surface area is 159 Å². The van der Waals surface area contributed by atoms with Crippen LogP contribution < -0.4 is 14.8 Å². The quantitative estimate of drug-likeness (QED) is 0.843. The van der Waals surface area contributed by atoms with Crippen molar-refractivity contribution in [2.75, 3.05) is 13.7 Å². The zero-order valence-corrected chi connectivity index (χ0v) is 16.5. The summed E-state index contributed by atoms with van der Waals surface area (Å²) in [5, 5.41) is 7.48. The molecule has 1 aromatic carbocycles. The van der Waals surface area contributed by atoms with Gasteiger partial charge in [0.1, 0.15) is 5.69 Å². The molecule has 1 aromatic heterocycles. The molecular weight excluding hydrogens is 346 g/mol. The van der Waals surface area contributed by atoms with E-state index in [1.54, 1.807) is 18.8 Å². The van der Waals surface area contributed by atoms with Gasteiger partial charge in [-0.2, -0.15) is 5.10 Å². The van der Waals surface area contributed by atoms with Gasteiger partial charge >= 0.3 is 0 Å². The van der Waals surface area contributed by atoms with E-state index < -0.39 is 0 Å². The number of hydrogen-bond donors (Lipinski definition) is 1. The molecule has 0 aliphatic carbocycles. The van der Waals surface area contributed by atoms with Crippen molar-refractivity contribution in [2.24, 2.45) is 7.05 Å². The Morgan fingerprint density at radius 2 is 2.15 bits per heavy atom. The molecule has 146 valence electrons. The molecule has 0 radical (unpaired) electrons. The van der Waals surface area contributed by atoms with Crippen LogP contribution in [0.15, 0.2) is 18.2 Å². The number of aromatic nitrogens is 2. The molecule has 2 aromatic rings. The van der Waals surface area contributed by atoms with E-state index in [0.29, 0.717) is 36.8 Å². The molecule has 0 fully saturated rings. The molecule has 7 nitrogen and oxygen atoms in total. The Morgan fingerprint density at radius 3 is 2.85 bits per heavy atom. The summed E-state index contributed by atoms with van der Waals surface area (Å²) in [6.07, 6.45) is 0.651. The zero-order chi connectivity index (χ0) is 19.6. The van der Waals surface area contributed by atoms with Crippen molar-refractivity contribution < 1.29 is 19.0 Å². The van der Waals surface area contributed by atoms with Gasteiger partial charge in [0.25, 0.3) is 5.91 Å². The summed E-state index contributed by atoms with van der Waals surface area (Å²) in [6.45, 7) is 6.87. The van der Waals surface area contributed by atoms with E-state index in [1.165, 1.54) is 0 Å². The van der Waals surface area contributed by atoms with Crippen LogP contribution in [0, 0.1) is 0 Å². The third-order valence-electron chi connectivity index (χ3n) is 4.69. The molecule has 27 heavy (non-hydrogen) atoms. The molecule has 2 atom stereocenters. The summed E-state index contributed by atoms with van der Waals surface area (Å²) in [4.78, 5) is 12.8. The highest BCUT2D eigenvalue weighted by Crippen LogP contribution is 2.31. The first-order chi connectivity index (χ1) is 12.9. The predicted molar refractivity (Wildman–Crippen MR) is 101 cm³/mol. The largest absolute Gasteiger partial charge is 0.493 e. The van der Waals surface area contributed by atoms with E-state index in [4.69, 9.17) is 14.2 Å². The summed E-state index contributed by atoms with van der Waals surface area (Å²) in [5.41, 5.74) is 3.36. The van der Waals surface area contributed by atoms with Crippen LogP contribution in [0.4, 0.5) is 0 Å². The molecule has 1 N–H and O–H groups in total. The van der Waals surface area contributed by atoms with E-state index >= 15 is 0 Å². The number of carbonyl (C=O) groups excluding carboxylic acids is 1. The molecule has 0 saturated heterocycles. The summed E-state index contributed by atoms with van der Waals surface area (Å²) >= 11 is 0. The second-order valence-electron chi connectivity index (χ2n) is 6.73. The fourth-order valence-corrected chi connectivity index (χ4v) is 3.51. The van der Waals surface area contributed by atoms with Crippen LogP contribution in [0.1, 0.15) is 54.2 Å². The summed E-state index contributed by atoms with van der Waals surface area (Å²) in [6, 6.07) is 5.66. The number of ether oxygens (including phenoxy) is 3. The minimum absolute atomic E-state index is 0.0682. The van der Waals surface area contributed by atoms with Crippen LogP contribution in [-0.2, 0) is 24.8 Å². The van der Waals surface area contributed by atoms with Gasteiger partial charge in [-0.1, -0.05) is 6.07 Å². The summed E-state index contributed by atoms with van der Waals surface area (Å²) in [7, 11) is 3.40. The molecule has 0 bridgehead atoms. The third-order valence-corrected chi connectivity index (χ3v) is 4.69. The number of methoxy groups -OCH3 is 1. The van der Waals surface area contributed by atoms with Crippen molar-refractivity contribution >= 4 is 5.91 Å². The fraction of sp³-hybridized carbons (Fsp3) is 0.500. The molecule has 1 aliphatic rings. The summed E-state index contributed by atoms with van der Waals surface area (Å²) < 4.78 is 18.4. The Morgan fingerprint density at radius 1 is 1.37 bits per heavy atom. The van der Waals surface area contributed by atoms with Gasteiger partial charge < -0.3 is 19.5 Å². The van der Waals surface area contributed by atoms with Crippen LogP contribution in [0.25, 0.3) is 0 Å². The zero-order valence-electron chi connectivity index (χ0n) is 16.5. The van der Waals surface area contributed by atoms with Gasteiger partial charge in [0.05, 0.1) is 31.6 Å². The number of nitrogens with one attached hydrogen (secondary N) is 1. The monoisotopic (exact) mass is 373 g/mol. The van der Waals surface area contributed by atoms with Gasteiger partial charge in [-0.15, -0.1) is 0 Å². The molecule has 2 heterocycles. The highest BCUT2D eigenvalue weighted by atomic mass is 16.5. The smallest absolute Gasteiger partial charge is 0.270 e. The van der Waals surface area contributed by atoms with Gasteiger partial charge in [-0.25, -0.2) is 0 Å². The molecule has 1 amide bonds. The lowest BCUT2D eigenvalue weighted by molar-refractivity contribution is -0.00710. The van der Waals surface area contributed by atoms with Crippen molar-refractivity contribution in [3.63, 3.8) is 0 Å². The lowest BCUT2D eigenvalue weighted by Crippen LogP contribution is -2.28. The van der Waals surface area contributed by atoms with E-state index in [0.717, 1.165) is 16.8 Å². The third kappa shape index (κ3) is 3.93. The molecule has 0 unspecified atom stereocenters. The van der Waals surface area contributed by atoms with Gasteiger partial charge in [-0.3, -0.25) is 9.48 Å². The first-order valence-electron chi connectivity index (χ1n) is 9.23. The number of fused-ring (bicyclic) bond motifs is 1. The Bertz CT molecular complexity index is 831. The number of benzene rings is 1. The topological polar surface area (TPSA) is 74.6 Å². The van der Waals surface area contributed by atoms with Gasteiger partial charge in [-0.05, 0) is 38.5 Å². The van der Waals surface area contributed by atoms with Crippen molar-refractivity contribution in [2.45, 2.75) is 45.9 Å². The Balaban J connectivity index is 1.76. The number of aryl methyl sites for hydroxylation is 1. The standard InChI is InChI=1S/C20H27N3O4/c1-6-26-16-8-7-14(10-17(16)25-5)11-21-20(24)19-15-9-12(2)27-13(3)18(15)22-23(19)4/h7-8,10,12-13H,6,9,11H2,1-5H3,(H,21,24)/t12-,13+/m1/s1.